The molecule has 0 aromatic heterocycles. The van der Waals surface area contributed by atoms with Gasteiger partial charge in [0.1, 0.15) is 0 Å². The molecule has 0 spiro atoms. The quantitative estimate of drug-likeness (QED) is 0.566. The summed E-state index contributed by atoms with van der Waals surface area (Å²) in [4.78, 5) is 10.3. The van der Waals surface area contributed by atoms with Crippen LogP contribution < -0.4 is 9.47 Å². The first-order valence-electron chi connectivity index (χ1n) is 4.54. The molecule has 0 saturated heterocycles. The second-order valence-corrected chi connectivity index (χ2v) is 3.23. The number of rotatable bonds is 4. The topological polar surface area (TPSA) is 61.6 Å². The van der Waals surface area contributed by atoms with E-state index in [4.69, 9.17) is 9.47 Å². The minimum absolute atomic E-state index is 0.115. The van der Waals surface area contributed by atoms with Gasteiger partial charge in [0.15, 0.2) is 0 Å². The minimum atomic E-state index is -0.503. The van der Waals surface area contributed by atoms with Gasteiger partial charge >= 0.3 is 5.69 Å². The molecule has 15 heavy (non-hydrogen) atoms. The molecule has 0 N–H and O–H groups in total. The van der Waals surface area contributed by atoms with E-state index in [9.17, 15) is 10.1 Å². The smallest absolute Gasteiger partial charge is 0.352 e. The van der Waals surface area contributed by atoms with Crippen LogP contribution in [0, 0.1) is 10.1 Å². The van der Waals surface area contributed by atoms with Crippen molar-refractivity contribution in [3.63, 3.8) is 0 Å². The fourth-order valence-electron chi connectivity index (χ4n) is 1.20. The van der Waals surface area contributed by atoms with Crippen molar-refractivity contribution >= 4 is 5.69 Å². The van der Waals surface area contributed by atoms with Crippen LogP contribution in [0.3, 0.4) is 0 Å². The molecule has 5 heteroatoms. The third-order valence-corrected chi connectivity index (χ3v) is 1.73. The van der Waals surface area contributed by atoms with Crippen LogP contribution in [0.15, 0.2) is 18.2 Å². The second-order valence-electron chi connectivity index (χ2n) is 3.23. The summed E-state index contributed by atoms with van der Waals surface area (Å²) in [5.41, 5.74) is -0.131. The normalized spacial score (nSPS) is 10.1. The van der Waals surface area contributed by atoms with Gasteiger partial charge in [-0.25, -0.2) is 0 Å². The minimum Gasteiger partial charge on any atom is -0.490 e. The Hall–Kier alpha value is -1.78. The summed E-state index contributed by atoms with van der Waals surface area (Å²) >= 11 is 0. The molecular formula is C10H13NO4. The van der Waals surface area contributed by atoms with Crippen LogP contribution in [-0.4, -0.2) is 18.1 Å². The van der Waals surface area contributed by atoms with E-state index in [1.54, 1.807) is 12.1 Å². The maximum atomic E-state index is 10.8. The Morgan fingerprint density at radius 1 is 1.33 bits per heavy atom. The zero-order valence-corrected chi connectivity index (χ0v) is 8.89. The molecule has 0 fully saturated rings. The van der Waals surface area contributed by atoms with Crippen LogP contribution >= 0.6 is 0 Å². The summed E-state index contributed by atoms with van der Waals surface area (Å²) in [5.74, 6) is 0.438. The number of hydrogen-bond acceptors (Lipinski definition) is 4. The zero-order valence-electron chi connectivity index (χ0n) is 8.89. The third-order valence-electron chi connectivity index (χ3n) is 1.73. The van der Waals surface area contributed by atoms with Crippen molar-refractivity contribution < 1.29 is 14.4 Å². The number of nitro groups is 1. The van der Waals surface area contributed by atoms with E-state index in [-0.39, 0.29) is 23.3 Å². The second kappa shape index (κ2) is 4.63. The van der Waals surface area contributed by atoms with Crippen molar-refractivity contribution in [3.05, 3.63) is 28.3 Å². The van der Waals surface area contributed by atoms with Gasteiger partial charge in [0.2, 0.25) is 11.5 Å². The Morgan fingerprint density at radius 2 is 1.93 bits per heavy atom. The molecule has 1 rings (SSSR count). The summed E-state index contributed by atoms with van der Waals surface area (Å²) in [6.07, 6.45) is -0.115. The predicted molar refractivity (Wildman–Crippen MR) is 55.4 cm³/mol. The van der Waals surface area contributed by atoms with Crippen molar-refractivity contribution in [2.24, 2.45) is 0 Å². The van der Waals surface area contributed by atoms with Gasteiger partial charge in [-0.3, -0.25) is 10.1 Å². The molecule has 1 aromatic carbocycles. The number of hydrogen-bond donors (Lipinski definition) is 0. The zero-order chi connectivity index (χ0) is 11.4. The summed E-state index contributed by atoms with van der Waals surface area (Å²) in [7, 11) is 1.39. The van der Waals surface area contributed by atoms with Crippen LogP contribution in [0.2, 0.25) is 0 Å². The number of methoxy groups -OCH3 is 1. The van der Waals surface area contributed by atoms with E-state index in [1.165, 1.54) is 13.2 Å². The maximum Gasteiger partial charge on any atom is 0.352 e. The van der Waals surface area contributed by atoms with Gasteiger partial charge in [0, 0.05) is 0 Å². The van der Waals surface area contributed by atoms with Crippen molar-refractivity contribution in [1.29, 1.82) is 0 Å². The van der Waals surface area contributed by atoms with Crippen LogP contribution in [0.25, 0.3) is 0 Å². The first-order chi connectivity index (χ1) is 7.06. The van der Waals surface area contributed by atoms with Crippen molar-refractivity contribution in [3.8, 4) is 11.5 Å². The fraction of sp³-hybridized carbons (Fsp3) is 0.400. The summed E-state index contributed by atoms with van der Waals surface area (Å²) in [6, 6.07) is 4.75. The number of ether oxygens (including phenoxy) is 2. The highest BCUT2D eigenvalue weighted by Gasteiger charge is 2.22. The molecule has 0 saturated carbocycles. The molecule has 0 bridgehead atoms. The van der Waals surface area contributed by atoms with Crippen LogP contribution in [0.5, 0.6) is 11.5 Å². The SMILES string of the molecule is COc1cccc(OC(C)C)c1[N+](=O)[O-]. The lowest BCUT2D eigenvalue weighted by molar-refractivity contribution is -0.386. The molecule has 0 heterocycles. The number of benzene rings is 1. The molecule has 82 valence electrons. The van der Waals surface area contributed by atoms with Crippen molar-refractivity contribution in [2.75, 3.05) is 7.11 Å². The Bertz CT molecular complexity index is 362. The van der Waals surface area contributed by atoms with E-state index in [0.29, 0.717) is 0 Å². The Labute approximate surface area is 87.8 Å². The van der Waals surface area contributed by atoms with E-state index in [0.717, 1.165) is 0 Å². The largest absolute Gasteiger partial charge is 0.490 e. The van der Waals surface area contributed by atoms with Crippen LogP contribution in [-0.2, 0) is 0 Å². The monoisotopic (exact) mass is 211 g/mol. The number of nitro benzene ring substituents is 1. The van der Waals surface area contributed by atoms with E-state index >= 15 is 0 Å². The van der Waals surface area contributed by atoms with E-state index in [2.05, 4.69) is 0 Å². The van der Waals surface area contributed by atoms with Gasteiger partial charge in [-0.05, 0) is 26.0 Å². The highest BCUT2D eigenvalue weighted by Crippen LogP contribution is 2.36. The molecule has 0 unspecified atom stereocenters. The molecule has 1 aromatic rings. The van der Waals surface area contributed by atoms with Gasteiger partial charge in [0.05, 0.1) is 18.1 Å². The predicted octanol–water partition coefficient (Wildman–Crippen LogP) is 2.39. The fourth-order valence-corrected chi connectivity index (χ4v) is 1.20. The molecule has 0 aliphatic rings. The van der Waals surface area contributed by atoms with Crippen molar-refractivity contribution in [2.45, 2.75) is 20.0 Å². The van der Waals surface area contributed by atoms with E-state index in [1.807, 2.05) is 13.8 Å². The molecule has 0 aliphatic heterocycles. The van der Waals surface area contributed by atoms with Gasteiger partial charge in [-0.2, -0.15) is 0 Å². The first-order valence-corrected chi connectivity index (χ1v) is 4.54. The average molecular weight is 211 g/mol. The molecule has 0 atom stereocenters. The lowest BCUT2D eigenvalue weighted by Gasteiger charge is -2.11. The number of nitrogens with zero attached hydrogens (tertiary/aromatic N) is 1. The summed E-state index contributed by atoms with van der Waals surface area (Å²) < 4.78 is 10.2. The van der Waals surface area contributed by atoms with Gasteiger partial charge in [0.25, 0.3) is 0 Å². The Kier molecular flexibility index (Phi) is 3.49. The van der Waals surface area contributed by atoms with Gasteiger partial charge < -0.3 is 9.47 Å². The Morgan fingerprint density at radius 3 is 2.40 bits per heavy atom. The molecule has 0 aliphatic carbocycles. The molecule has 0 amide bonds. The Balaban J connectivity index is 3.19. The lowest BCUT2D eigenvalue weighted by atomic mass is 10.2. The summed E-state index contributed by atoms with van der Waals surface area (Å²) in [6.45, 7) is 3.62. The maximum absolute atomic E-state index is 10.8. The molecule has 5 nitrogen and oxygen atoms in total. The highest BCUT2D eigenvalue weighted by molar-refractivity contribution is 5.57. The summed E-state index contributed by atoms with van der Waals surface area (Å²) in [5, 5.41) is 10.8. The standard InChI is InChI=1S/C10H13NO4/c1-7(2)15-9-6-4-5-8(14-3)10(9)11(12)13/h4-7H,1-3H3. The highest BCUT2D eigenvalue weighted by atomic mass is 16.6. The van der Waals surface area contributed by atoms with Crippen LogP contribution in [0.4, 0.5) is 5.69 Å². The third kappa shape index (κ3) is 2.59. The van der Waals surface area contributed by atoms with Gasteiger partial charge in [-0.1, -0.05) is 6.07 Å². The van der Waals surface area contributed by atoms with Crippen molar-refractivity contribution in [1.82, 2.24) is 0 Å². The molecule has 0 radical (unpaired) electrons. The first kappa shape index (κ1) is 11.3. The van der Waals surface area contributed by atoms with E-state index < -0.39 is 4.92 Å². The van der Waals surface area contributed by atoms with Gasteiger partial charge in [-0.15, -0.1) is 0 Å². The molecular weight excluding hydrogens is 198 g/mol. The lowest BCUT2D eigenvalue weighted by Crippen LogP contribution is -2.07. The average Bonchev–Trinajstić information content (AvgIpc) is 2.15. The number of para-hydroxylation sites is 1. The van der Waals surface area contributed by atoms with Crippen LogP contribution in [0.1, 0.15) is 13.8 Å².